The van der Waals surface area contributed by atoms with Crippen LogP contribution >= 0.6 is 0 Å². The third kappa shape index (κ3) is 4.93. The molecule has 158 valence electrons. The molecule has 0 unspecified atom stereocenters. The number of ether oxygens (including phenoxy) is 1. The maximum atomic E-state index is 14.7. The van der Waals surface area contributed by atoms with Crippen LogP contribution in [0.15, 0.2) is 23.0 Å². The number of aryl methyl sites for hydroxylation is 2. The Morgan fingerprint density at radius 3 is 2.28 bits per heavy atom. The molecule has 0 aliphatic rings. The number of nitrogens with zero attached hydrogens (tertiary/aromatic N) is 1. The van der Waals surface area contributed by atoms with E-state index < -0.39 is 17.2 Å². The lowest BCUT2D eigenvalue weighted by Gasteiger charge is -2.19. The lowest BCUT2D eigenvalue weighted by Crippen LogP contribution is -2.30. The van der Waals surface area contributed by atoms with Crippen molar-refractivity contribution in [3.8, 4) is 0 Å². The molecule has 29 heavy (non-hydrogen) atoms. The molecule has 6 heteroatoms. The number of hydrogen-bond acceptors (Lipinski definition) is 3. The number of benzene rings is 1. The third-order valence-corrected chi connectivity index (χ3v) is 5.25. The summed E-state index contributed by atoms with van der Waals surface area (Å²) in [6, 6.07) is 5.85. The predicted octanol–water partition coefficient (Wildman–Crippen LogP) is 4.41. The van der Waals surface area contributed by atoms with E-state index in [1.807, 2.05) is 39.0 Å². The minimum atomic E-state index is -0.878. The number of pyridine rings is 1. The molecule has 0 aliphatic carbocycles. The molecule has 0 saturated heterocycles. The first-order valence-corrected chi connectivity index (χ1v) is 10.3. The van der Waals surface area contributed by atoms with Gasteiger partial charge in [0.05, 0.1) is 5.69 Å². The minimum absolute atomic E-state index is 0.141. The highest BCUT2D eigenvalue weighted by atomic mass is 19.1. The van der Waals surface area contributed by atoms with E-state index in [0.717, 1.165) is 24.0 Å². The average Bonchev–Trinajstić information content (AvgIpc) is 2.71. The van der Waals surface area contributed by atoms with Crippen molar-refractivity contribution in [3.63, 3.8) is 0 Å². The molecule has 5 nitrogen and oxygen atoms in total. The Balaban J connectivity index is 2.45. The van der Waals surface area contributed by atoms with Gasteiger partial charge in [0.2, 0.25) is 5.43 Å². The summed E-state index contributed by atoms with van der Waals surface area (Å²) in [7, 11) is 0. The molecule has 2 aromatic rings. The van der Waals surface area contributed by atoms with E-state index in [9.17, 15) is 14.0 Å². The molecule has 1 heterocycles. The molecule has 1 amide bonds. The van der Waals surface area contributed by atoms with Crippen molar-refractivity contribution >= 4 is 11.6 Å². The summed E-state index contributed by atoms with van der Waals surface area (Å²) in [5.41, 5.74) is 2.40. The van der Waals surface area contributed by atoms with Gasteiger partial charge >= 0.3 is 0 Å². The number of hydrogen-bond donors (Lipinski definition) is 1. The van der Waals surface area contributed by atoms with Crippen LogP contribution < -0.4 is 10.7 Å². The lowest BCUT2D eigenvalue weighted by atomic mass is 10.0. The van der Waals surface area contributed by atoms with Crippen LogP contribution in [-0.4, -0.2) is 23.7 Å². The van der Waals surface area contributed by atoms with Crippen molar-refractivity contribution in [1.29, 1.82) is 0 Å². The predicted molar refractivity (Wildman–Crippen MR) is 114 cm³/mol. The number of para-hydroxylation sites is 1. The first kappa shape index (κ1) is 22.8. The van der Waals surface area contributed by atoms with Crippen LogP contribution in [0, 0.1) is 19.7 Å². The number of carbonyl (C=O) groups is 1. The Labute approximate surface area is 171 Å². The molecule has 0 atom stereocenters. The van der Waals surface area contributed by atoms with Gasteiger partial charge in [0.25, 0.3) is 5.91 Å². The van der Waals surface area contributed by atoms with Crippen molar-refractivity contribution in [1.82, 2.24) is 4.57 Å². The van der Waals surface area contributed by atoms with Crippen LogP contribution in [0.5, 0.6) is 0 Å². The maximum Gasteiger partial charge on any atom is 0.261 e. The Morgan fingerprint density at radius 2 is 1.72 bits per heavy atom. The monoisotopic (exact) mass is 402 g/mol. The second-order valence-electron chi connectivity index (χ2n) is 7.00. The fourth-order valence-electron chi connectivity index (χ4n) is 3.59. The van der Waals surface area contributed by atoms with Crippen LogP contribution in [0.3, 0.4) is 0 Å². The molecule has 1 N–H and O–H groups in total. The van der Waals surface area contributed by atoms with Crippen LogP contribution in [0.1, 0.15) is 60.1 Å². The van der Waals surface area contributed by atoms with Crippen molar-refractivity contribution in [2.45, 2.75) is 60.4 Å². The molecule has 0 radical (unpaired) electrons. The highest BCUT2D eigenvalue weighted by Gasteiger charge is 2.23. The third-order valence-electron chi connectivity index (χ3n) is 5.25. The summed E-state index contributed by atoms with van der Waals surface area (Å²) in [5, 5.41) is 2.89. The van der Waals surface area contributed by atoms with Crippen LogP contribution in [0.25, 0.3) is 0 Å². The van der Waals surface area contributed by atoms with Gasteiger partial charge in [-0.2, -0.15) is 0 Å². The standard InChI is InChI=1S/C23H31FN2O3/c1-6-17-11-9-12-18(7-2)21(17)25-23(28)19-15(4)26(13-10-14-29-8-3)16(5)20(24)22(19)27/h9,11-12H,6-8,10,13-14H2,1-5H3,(H,25,28). The van der Waals surface area contributed by atoms with Crippen molar-refractivity contribution < 1.29 is 13.9 Å². The average molecular weight is 403 g/mol. The second kappa shape index (κ2) is 10.3. The Morgan fingerprint density at radius 1 is 1.10 bits per heavy atom. The summed E-state index contributed by atoms with van der Waals surface area (Å²) in [4.78, 5) is 25.7. The van der Waals surface area contributed by atoms with Gasteiger partial charge in [0.15, 0.2) is 5.82 Å². The Hall–Kier alpha value is -2.47. The van der Waals surface area contributed by atoms with Gasteiger partial charge in [0.1, 0.15) is 5.56 Å². The quantitative estimate of drug-likeness (QED) is 0.632. The van der Waals surface area contributed by atoms with Gasteiger partial charge in [0, 0.05) is 31.1 Å². The molecule has 0 bridgehead atoms. The van der Waals surface area contributed by atoms with E-state index >= 15 is 0 Å². The summed E-state index contributed by atoms with van der Waals surface area (Å²) in [5.74, 6) is -1.45. The van der Waals surface area contributed by atoms with Crippen LogP contribution in [0.2, 0.25) is 0 Å². The summed E-state index contributed by atoms with van der Waals surface area (Å²) in [6.07, 6.45) is 2.15. The van der Waals surface area contributed by atoms with Gasteiger partial charge in [-0.05, 0) is 51.2 Å². The number of halogens is 1. The molecule has 0 aliphatic heterocycles. The molecule has 0 spiro atoms. The number of anilines is 1. The minimum Gasteiger partial charge on any atom is -0.382 e. The highest BCUT2D eigenvalue weighted by Crippen LogP contribution is 2.24. The summed E-state index contributed by atoms with van der Waals surface area (Å²) >= 11 is 0. The number of amides is 1. The smallest absolute Gasteiger partial charge is 0.261 e. The van der Waals surface area contributed by atoms with Crippen LogP contribution in [0.4, 0.5) is 10.1 Å². The molecule has 0 saturated carbocycles. The number of nitrogens with one attached hydrogen (secondary N) is 1. The van der Waals surface area contributed by atoms with E-state index in [0.29, 0.717) is 37.6 Å². The lowest BCUT2D eigenvalue weighted by molar-refractivity contribution is 0.102. The number of aromatic nitrogens is 1. The van der Waals surface area contributed by atoms with Gasteiger partial charge in [-0.1, -0.05) is 32.0 Å². The van der Waals surface area contributed by atoms with E-state index in [1.54, 1.807) is 18.4 Å². The summed E-state index contributed by atoms with van der Waals surface area (Å²) in [6.45, 7) is 10.8. The van der Waals surface area contributed by atoms with Gasteiger partial charge < -0.3 is 14.6 Å². The van der Waals surface area contributed by atoms with Crippen molar-refractivity contribution in [2.75, 3.05) is 18.5 Å². The number of carbonyl (C=O) groups excluding carboxylic acids is 1. The SMILES string of the molecule is CCOCCCn1c(C)c(F)c(=O)c(C(=O)Nc2c(CC)cccc2CC)c1C. The highest BCUT2D eigenvalue weighted by molar-refractivity contribution is 6.05. The van der Waals surface area contributed by atoms with Gasteiger partial charge in [-0.3, -0.25) is 9.59 Å². The summed E-state index contributed by atoms with van der Waals surface area (Å²) < 4.78 is 21.7. The van der Waals surface area contributed by atoms with E-state index in [4.69, 9.17) is 4.74 Å². The fourth-order valence-corrected chi connectivity index (χ4v) is 3.59. The Bertz CT molecular complexity index is 912. The first-order chi connectivity index (χ1) is 13.9. The number of rotatable bonds is 9. The van der Waals surface area contributed by atoms with E-state index in [2.05, 4.69) is 5.32 Å². The zero-order valence-electron chi connectivity index (χ0n) is 18.0. The molecule has 0 fully saturated rings. The fraction of sp³-hybridized carbons (Fsp3) is 0.478. The molecule has 1 aromatic carbocycles. The molecule has 2 rings (SSSR count). The van der Waals surface area contributed by atoms with Crippen LogP contribution in [-0.2, 0) is 24.1 Å². The molecular formula is C23H31FN2O3. The van der Waals surface area contributed by atoms with E-state index in [1.165, 1.54) is 0 Å². The van der Waals surface area contributed by atoms with Gasteiger partial charge in [-0.15, -0.1) is 0 Å². The molecule has 1 aromatic heterocycles. The van der Waals surface area contributed by atoms with Crippen molar-refractivity contribution in [3.05, 3.63) is 62.3 Å². The topological polar surface area (TPSA) is 60.3 Å². The zero-order chi connectivity index (χ0) is 21.6. The zero-order valence-corrected chi connectivity index (χ0v) is 18.0. The second-order valence-corrected chi connectivity index (χ2v) is 7.00. The van der Waals surface area contributed by atoms with Gasteiger partial charge in [-0.25, -0.2) is 4.39 Å². The normalized spacial score (nSPS) is 11.0. The maximum absolute atomic E-state index is 14.7. The largest absolute Gasteiger partial charge is 0.382 e. The molecular weight excluding hydrogens is 371 g/mol. The van der Waals surface area contributed by atoms with Crippen molar-refractivity contribution in [2.24, 2.45) is 0 Å². The Kier molecular flexibility index (Phi) is 8.14. The first-order valence-electron chi connectivity index (χ1n) is 10.3. The van der Waals surface area contributed by atoms with E-state index in [-0.39, 0.29) is 11.3 Å².